The summed E-state index contributed by atoms with van der Waals surface area (Å²) in [5.41, 5.74) is 3.20. The lowest BCUT2D eigenvalue weighted by atomic mass is 9.99. The van der Waals surface area contributed by atoms with Crippen LogP contribution < -0.4 is 20.3 Å². The number of anilines is 2. The second-order valence-electron chi connectivity index (χ2n) is 9.47. The summed E-state index contributed by atoms with van der Waals surface area (Å²) >= 11 is 0. The molecule has 1 saturated carbocycles. The molecule has 194 valence electrons. The Morgan fingerprint density at radius 2 is 1.71 bits per heavy atom. The highest BCUT2D eigenvalue weighted by Crippen LogP contribution is 2.31. The van der Waals surface area contributed by atoms with Gasteiger partial charge in [0.05, 0.1) is 25.1 Å². The zero-order valence-electron chi connectivity index (χ0n) is 21.2. The van der Waals surface area contributed by atoms with Crippen molar-refractivity contribution in [2.45, 2.75) is 31.8 Å². The molecule has 0 bridgehead atoms. The van der Waals surface area contributed by atoms with Gasteiger partial charge in [0.1, 0.15) is 5.75 Å². The summed E-state index contributed by atoms with van der Waals surface area (Å²) in [5, 5.41) is 5.47. The first kappa shape index (κ1) is 25.2. The third-order valence-electron chi connectivity index (χ3n) is 6.98. The number of carbonyl (C=O) groups is 3. The average Bonchev–Trinajstić information content (AvgIpc) is 3.46. The average molecular weight is 511 g/mol. The highest BCUT2D eigenvalue weighted by molar-refractivity contribution is 6.21. The molecular formula is C30H30N4O4. The van der Waals surface area contributed by atoms with E-state index in [9.17, 15) is 14.4 Å². The molecule has 1 heterocycles. The smallest absolute Gasteiger partial charge is 0.321 e. The van der Waals surface area contributed by atoms with Gasteiger partial charge in [-0.15, -0.1) is 0 Å². The van der Waals surface area contributed by atoms with Crippen molar-refractivity contribution in [2.24, 2.45) is 10.9 Å². The predicted molar refractivity (Wildman–Crippen MR) is 147 cm³/mol. The molecule has 0 aromatic heterocycles. The van der Waals surface area contributed by atoms with Crippen molar-refractivity contribution in [2.75, 3.05) is 23.9 Å². The maximum atomic E-state index is 13.9. The summed E-state index contributed by atoms with van der Waals surface area (Å²) in [6.07, 6.45) is 2.51. The normalized spacial score (nSPS) is 17.3. The van der Waals surface area contributed by atoms with Crippen LogP contribution in [0.1, 0.15) is 36.8 Å². The Morgan fingerprint density at radius 1 is 0.974 bits per heavy atom. The number of urea groups is 1. The number of hydrogen-bond donors (Lipinski definition) is 2. The Balaban J connectivity index is 1.50. The maximum Gasteiger partial charge on any atom is 0.321 e. The second kappa shape index (κ2) is 11.3. The quantitative estimate of drug-likeness (QED) is 0.478. The van der Waals surface area contributed by atoms with Crippen LogP contribution in [-0.2, 0) is 9.59 Å². The van der Waals surface area contributed by atoms with Crippen LogP contribution in [0, 0.1) is 5.92 Å². The largest absolute Gasteiger partial charge is 0.497 e. The molecule has 3 amide bonds. The van der Waals surface area contributed by atoms with Gasteiger partial charge >= 0.3 is 6.03 Å². The first-order valence-electron chi connectivity index (χ1n) is 12.8. The fourth-order valence-corrected chi connectivity index (χ4v) is 5.04. The van der Waals surface area contributed by atoms with Crippen molar-refractivity contribution in [1.82, 2.24) is 5.32 Å². The van der Waals surface area contributed by atoms with Gasteiger partial charge in [0, 0.05) is 28.8 Å². The first-order valence-corrected chi connectivity index (χ1v) is 12.8. The Labute approximate surface area is 221 Å². The van der Waals surface area contributed by atoms with E-state index in [2.05, 4.69) is 10.6 Å². The minimum atomic E-state index is -1.24. The highest BCUT2D eigenvalue weighted by Gasteiger charge is 2.35. The molecule has 5 rings (SSSR count). The number of fused-ring (bicyclic) bond motifs is 1. The number of methoxy groups -OCH3 is 1. The number of ketones is 1. The molecule has 3 aromatic carbocycles. The van der Waals surface area contributed by atoms with E-state index >= 15 is 0 Å². The molecule has 2 aliphatic rings. The topological polar surface area (TPSA) is 100 Å². The van der Waals surface area contributed by atoms with Gasteiger partial charge in [0.15, 0.2) is 5.78 Å². The van der Waals surface area contributed by atoms with Crippen LogP contribution in [0.5, 0.6) is 5.75 Å². The van der Waals surface area contributed by atoms with Crippen LogP contribution >= 0.6 is 0 Å². The molecular weight excluding hydrogens is 480 g/mol. The van der Waals surface area contributed by atoms with Crippen molar-refractivity contribution in [3.63, 3.8) is 0 Å². The van der Waals surface area contributed by atoms with E-state index in [1.807, 2.05) is 54.6 Å². The molecule has 38 heavy (non-hydrogen) atoms. The Hall–Kier alpha value is -4.46. The summed E-state index contributed by atoms with van der Waals surface area (Å²) < 4.78 is 5.23. The number of nitrogens with one attached hydrogen (secondary N) is 2. The van der Waals surface area contributed by atoms with E-state index < -0.39 is 18.1 Å². The molecule has 8 nitrogen and oxygen atoms in total. The van der Waals surface area contributed by atoms with Crippen molar-refractivity contribution in [3.05, 3.63) is 90.0 Å². The number of hydrogen-bond acceptors (Lipinski definition) is 5. The number of para-hydroxylation sites is 1. The Kier molecular flexibility index (Phi) is 7.49. The summed E-state index contributed by atoms with van der Waals surface area (Å²) in [6, 6.07) is 23.3. The SMILES string of the molecule is COc1cccc(NC(=O)N[C@@H]2N=C(c3ccccc3)c3ccccc3N(CC(=O)C3CCCC3)C2=O)c1. The van der Waals surface area contributed by atoms with Gasteiger partial charge in [0.2, 0.25) is 6.17 Å². The summed E-state index contributed by atoms with van der Waals surface area (Å²) in [5.74, 6) is 0.115. The van der Waals surface area contributed by atoms with Crippen LogP contribution in [0.25, 0.3) is 0 Å². The standard InChI is InChI=1S/C30H30N4O4/c1-38-23-15-9-14-22(18-23)31-30(37)33-28-29(36)34(19-26(35)20-10-5-6-11-20)25-17-8-7-16-24(25)27(32-28)21-12-3-2-4-13-21/h2-4,7-9,12-18,20,28H,5-6,10-11,19H2,1H3,(H2,31,33,37)/t28-/m0/s1. The Bertz CT molecular complexity index is 1370. The molecule has 3 aromatic rings. The monoisotopic (exact) mass is 510 g/mol. The van der Waals surface area contributed by atoms with E-state index in [4.69, 9.17) is 9.73 Å². The third kappa shape index (κ3) is 5.44. The molecule has 1 aliphatic carbocycles. The van der Waals surface area contributed by atoms with Gasteiger partial charge in [-0.3, -0.25) is 9.59 Å². The lowest BCUT2D eigenvalue weighted by Crippen LogP contribution is -2.50. The molecule has 1 atom stereocenters. The molecule has 1 aliphatic heterocycles. The van der Waals surface area contributed by atoms with E-state index in [1.165, 1.54) is 4.90 Å². The van der Waals surface area contributed by atoms with Crippen LogP contribution in [0.3, 0.4) is 0 Å². The molecule has 8 heteroatoms. The van der Waals surface area contributed by atoms with Gasteiger partial charge in [-0.05, 0) is 31.0 Å². The van der Waals surface area contributed by atoms with Gasteiger partial charge in [-0.2, -0.15) is 0 Å². The molecule has 2 N–H and O–H groups in total. The summed E-state index contributed by atoms with van der Waals surface area (Å²) in [7, 11) is 1.54. The molecule has 1 fully saturated rings. The number of nitrogens with zero attached hydrogens (tertiary/aromatic N) is 2. The predicted octanol–water partition coefficient (Wildman–Crippen LogP) is 4.79. The van der Waals surface area contributed by atoms with Crippen molar-refractivity contribution in [3.8, 4) is 5.75 Å². The molecule has 0 spiro atoms. The number of benzene rings is 3. The molecule has 0 unspecified atom stereocenters. The van der Waals surface area contributed by atoms with Gasteiger partial charge < -0.3 is 20.3 Å². The number of carbonyl (C=O) groups excluding carboxylic acids is 3. The van der Waals surface area contributed by atoms with Crippen LogP contribution in [0.15, 0.2) is 83.9 Å². The van der Waals surface area contributed by atoms with Gasteiger partial charge in [-0.1, -0.05) is 67.4 Å². The highest BCUT2D eigenvalue weighted by atomic mass is 16.5. The minimum absolute atomic E-state index is 0.0356. The van der Waals surface area contributed by atoms with E-state index in [0.717, 1.165) is 36.8 Å². The number of Topliss-reactive ketones (excluding diaryl/α,β-unsaturated/α-hetero) is 1. The minimum Gasteiger partial charge on any atom is -0.497 e. The summed E-state index contributed by atoms with van der Waals surface area (Å²) in [6.45, 7) is -0.0617. The van der Waals surface area contributed by atoms with E-state index in [0.29, 0.717) is 22.8 Å². The maximum absolute atomic E-state index is 13.9. The van der Waals surface area contributed by atoms with Crippen molar-refractivity contribution >= 4 is 34.8 Å². The lowest BCUT2D eigenvalue weighted by Gasteiger charge is -2.26. The van der Waals surface area contributed by atoms with Crippen molar-refractivity contribution in [1.29, 1.82) is 0 Å². The number of benzodiazepines with no additional fused rings is 1. The number of amides is 3. The van der Waals surface area contributed by atoms with Crippen LogP contribution in [0.4, 0.5) is 16.2 Å². The Morgan fingerprint density at radius 3 is 2.47 bits per heavy atom. The van der Waals surface area contributed by atoms with Crippen LogP contribution in [-0.4, -0.2) is 43.3 Å². The number of rotatable bonds is 7. The van der Waals surface area contributed by atoms with Crippen LogP contribution in [0.2, 0.25) is 0 Å². The summed E-state index contributed by atoms with van der Waals surface area (Å²) in [4.78, 5) is 46.4. The number of aliphatic imine (C=N–C) groups is 1. The van der Waals surface area contributed by atoms with Gasteiger partial charge in [-0.25, -0.2) is 9.79 Å². The van der Waals surface area contributed by atoms with Crippen molar-refractivity contribution < 1.29 is 19.1 Å². The van der Waals surface area contributed by atoms with E-state index in [-0.39, 0.29) is 18.2 Å². The first-order chi connectivity index (χ1) is 18.5. The fourth-order valence-electron chi connectivity index (χ4n) is 5.04. The fraction of sp³-hybridized carbons (Fsp3) is 0.267. The molecule has 0 saturated heterocycles. The number of ether oxygens (including phenoxy) is 1. The second-order valence-corrected chi connectivity index (χ2v) is 9.47. The molecule has 0 radical (unpaired) electrons. The van der Waals surface area contributed by atoms with Gasteiger partial charge in [0.25, 0.3) is 5.91 Å². The van der Waals surface area contributed by atoms with E-state index in [1.54, 1.807) is 31.4 Å². The zero-order valence-corrected chi connectivity index (χ0v) is 21.2. The zero-order chi connectivity index (χ0) is 26.5. The lowest BCUT2D eigenvalue weighted by molar-refractivity contribution is -0.125. The third-order valence-corrected chi connectivity index (χ3v) is 6.98.